The number of fused-ring (bicyclic) bond motifs is 2. The maximum absolute atomic E-state index is 11.8. The van der Waals surface area contributed by atoms with Crippen LogP contribution in [0.1, 0.15) is 34.6 Å². The molecule has 4 aromatic rings. The van der Waals surface area contributed by atoms with Gasteiger partial charge in [0.05, 0.1) is 11.2 Å². The third-order valence-corrected chi connectivity index (χ3v) is 5.83. The monoisotopic (exact) mass is 427 g/mol. The predicted molar refractivity (Wildman–Crippen MR) is 125 cm³/mol. The van der Waals surface area contributed by atoms with Gasteiger partial charge in [-0.3, -0.25) is 9.20 Å². The van der Waals surface area contributed by atoms with Crippen molar-refractivity contribution in [2.45, 2.75) is 25.8 Å². The van der Waals surface area contributed by atoms with Crippen LogP contribution < -0.4 is 16.0 Å². The molecule has 3 N–H and O–H groups in total. The molecule has 3 aromatic heterocycles. The molecule has 5 rings (SSSR count). The second-order valence-electron chi connectivity index (χ2n) is 8.03. The van der Waals surface area contributed by atoms with Crippen LogP contribution in [0.5, 0.6) is 0 Å². The van der Waals surface area contributed by atoms with Gasteiger partial charge >= 0.3 is 0 Å². The van der Waals surface area contributed by atoms with E-state index in [0.29, 0.717) is 23.8 Å². The van der Waals surface area contributed by atoms with Crippen LogP contribution in [-0.2, 0) is 13.0 Å². The molecular formula is C24H25N7O. The Morgan fingerprint density at radius 2 is 1.94 bits per heavy atom. The molecule has 0 saturated heterocycles. The molecule has 4 heterocycles. The smallest absolute Gasteiger partial charge is 0.265 e. The van der Waals surface area contributed by atoms with Gasteiger partial charge in [-0.1, -0.05) is 36.4 Å². The van der Waals surface area contributed by atoms with E-state index in [0.717, 1.165) is 48.5 Å². The summed E-state index contributed by atoms with van der Waals surface area (Å²) in [4.78, 5) is 28.4. The van der Waals surface area contributed by atoms with Crippen molar-refractivity contribution >= 4 is 22.9 Å². The summed E-state index contributed by atoms with van der Waals surface area (Å²) in [5.41, 5.74) is 10.5. The average Bonchev–Trinajstić information content (AvgIpc) is 3.15. The molecule has 162 valence electrons. The summed E-state index contributed by atoms with van der Waals surface area (Å²) in [6, 6.07) is 15.6. The summed E-state index contributed by atoms with van der Waals surface area (Å²) in [7, 11) is 2.09. The van der Waals surface area contributed by atoms with Gasteiger partial charge in [-0.05, 0) is 37.0 Å². The molecule has 0 fully saturated rings. The van der Waals surface area contributed by atoms with E-state index < -0.39 is 5.91 Å². The minimum absolute atomic E-state index is 0.373. The molecule has 8 heteroatoms. The number of aromatic nitrogens is 4. The number of hydrogen-bond acceptors (Lipinski definition) is 6. The SMILES string of the molecule is CN1CCCCc2nc(-c3ncn4c(C(N)=O)cccc34)nc(NCc3ccccc3)c21. The van der Waals surface area contributed by atoms with Gasteiger partial charge in [0.25, 0.3) is 5.91 Å². The Hall–Kier alpha value is -3.94. The van der Waals surface area contributed by atoms with Crippen molar-refractivity contribution in [1.82, 2.24) is 19.4 Å². The number of pyridine rings is 1. The van der Waals surface area contributed by atoms with Crippen molar-refractivity contribution in [1.29, 1.82) is 0 Å². The Bertz CT molecular complexity index is 1280. The zero-order chi connectivity index (χ0) is 22.1. The number of carbonyl (C=O) groups excluding carboxylic acids is 1. The van der Waals surface area contributed by atoms with Gasteiger partial charge in [0.15, 0.2) is 11.6 Å². The van der Waals surface area contributed by atoms with Crippen LogP contribution in [0.4, 0.5) is 11.5 Å². The van der Waals surface area contributed by atoms with Crippen molar-refractivity contribution in [3.63, 3.8) is 0 Å². The number of anilines is 2. The summed E-state index contributed by atoms with van der Waals surface area (Å²) < 4.78 is 1.69. The van der Waals surface area contributed by atoms with E-state index in [4.69, 9.17) is 15.7 Å². The van der Waals surface area contributed by atoms with Crippen LogP contribution in [0.15, 0.2) is 54.9 Å². The molecule has 0 saturated carbocycles. The highest BCUT2D eigenvalue weighted by molar-refractivity contribution is 5.93. The zero-order valence-corrected chi connectivity index (χ0v) is 18.0. The first kappa shape index (κ1) is 20.0. The van der Waals surface area contributed by atoms with Crippen LogP contribution in [0.2, 0.25) is 0 Å². The maximum atomic E-state index is 11.8. The Morgan fingerprint density at radius 1 is 1.09 bits per heavy atom. The molecule has 0 atom stereocenters. The molecule has 0 aliphatic carbocycles. The van der Waals surface area contributed by atoms with E-state index in [-0.39, 0.29) is 0 Å². The van der Waals surface area contributed by atoms with Crippen LogP contribution in [0.3, 0.4) is 0 Å². The van der Waals surface area contributed by atoms with Gasteiger partial charge in [0.1, 0.15) is 23.4 Å². The third-order valence-electron chi connectivity index (χ3n) is 5.83. The van der Waals surface area contributed by atoms with Crippen LogP contribution >= 0.6 is 0 Å². The van der Waals surface area contributed by atoms with E-state index in [1.807, 2.05) is 24.3 Å². The number of amides is 1. The van der Waals surface area contributed by atoms with Crippen LogP contribution in [0.25, 0.3) is 17.0 Å². The number of rotatable bonds is 5. The average molecular weight is 428 g/mol. The van der Waals surface area contributed by atoms with Gasteiger partial charge in [-0.2, -0.15) is 0 Å². The lowest BCUT2D eigenvalue weighted by Gasteiger charge is -2.23. The summed E-state index contributed by atoms with van der Waals surface area (Å²) >= 11 is 0. The van der Waals surface area contributed by atoms with E-state index in [2.05, 4.69) is 34.4 Å². The molecule has 8 nitrogen and oxygen atoms in total. The normalized spacial score (nSPS) is 13.6. The van der Waals surface area contributed by atoms with E-state index in [1.54, 1.807) is 22.9 Å². The topological polar surface area (TPSA) is 101 Å². The number of benzene rings is 1. The summed E-state index contributed by atoms with van der Waals surface area (Å²) in [5.74, 6) is 0.832. The second-order valence-corrected chi connectivity index (χ2v) is 8.03. The van der Waals surface area contributed by atoms with Crippen LogP contribution in [-0.4, -0.2) is 38.9 Å². The van der Waals surface area contributed by atoms with Crippen molar-refractivity contribution in [3.8, 4) is 11.5 Å². The molecule has 0 spiro atoms. The highest BCUT2D eigenvalue weighted by Crippen LogP contribution is 2.34. The Morgan fingerprint density at radius 3 is 2.75 bits per heavy atom. The molecule has 1 amide bonds. The first-order valence-corrected chi connectivity index (χ1v) is 10.8. The number of nitrogens with zero attached hydrogens (tertiary/aromatic N) is 5. The minimum Gasteiger partial charge on any atom is -0.370 e. The van der Waals surface area contributed by atoms with Crippen molar-refractivity contribution in [2.24, 2.45) is 5.73 Å². The molecule has 0 unspecified atom stereocenters. The largest absolute Gasteiger partial charge is 0.370 e. The van der Waals surface area contributed by atoms with E-state index in [9.17, 15) is 4.79 Å². The summed E-state index contributed by atoms with van der Waals surface area (Å²) in [6.07, 6.45) is 4.66. The fourth-order valence-electron chi connectivity index (χ4n) is 4.23. The van der Waals surface area contributed by atoms with Crippen molar-refractivity contribution in [2.75, 3.05) is 23.8 Å². The molecule has 0 radical (unpaired) electrons. The fraction of sp³-hybridized carbons (Fsp3) is 0.250. The zero-order valence-electron chi connectivity index (χ0n) is 18.0. The number of carbonyl (C=O) groups is 1. The Labute approximate surface area is 186 Å². The number of hydrogen-bond donors (Lipinski definition) is 2. The van der Waals surface area contributed by atoms with Gasteiger partial charge in [0, 0.05) is 20.1 Å². The summed E-state index contributed by atoms with van der Waals surface area (Å²) in [6.45, 7) is 1.62. The Kier molecular flexibility index (Phi) is 5.18. The van der Waals surface area contributed by atoms with E-state index in [1.165, 1.54) is 5.56 Å². The van der Waals surface area contributed by atoms with Gasteiger partial charge < -0.3 is 16.0 Å². The standard InChI is InChI=1S/C24H25N7O/c1-30-13-6-5-10-17-21(30)24(26-14-16-8-3-2-4-9-16)29-23(28-17)20-18-11-7-12-19(22(25)32)31(18)15-27-20/h2-4,7-9,11-12,15H,5-6,10,13-14H2,1H3,(H2,25,32)(H,26,28,29). The van der Waals surface area contributed by atoms with E-state index >= 15 is 0 Å². The van der Waals surface area contributed by atoms with Crippen molar-refractivity contribution in [3.05, 3.63) is 71.8 Å². The lowest BCUT2D eigenvalue weighted by molar-refractivity contribution is 0.0994. The molecule has 1 aliphatic heterocycles. The first-order chi connectivity index (χ1) is 15.6. The summed E-state index contributed by atoms with van der Waals surface area (Å²) in [5, 5.41) is 3.53. The molecule has 1 aromatic carbocycles. The van der Waals surface area contributed by atoms with Crippen molar-refractivity contribution < 1.29 is 4.79 Å². The number of aryl methyl sites for hydroxylation is 1. The first-order valence-electron chi connectivity index (χ1n) is 10.8. The van der Waals surface area contributed by atoms with Gasteiger partial charge in [-0.25, -0.2) is 15.0 Å². The predicted octanol–water partition coefficient (Wildman–Crippen LogP) is 3.27. The minimum atomic E-state index is -0.505. The lowest BCUT2D eigenvalue weighted by Crippen LogP contribution is -2.21. The Balaban J connectivity index is 1.62. The van der Waals surface area contributed by atoms with Gasteiger partial charge in [0.2, 0.25) is 0 Å². The molecule has 0 bridgehead atoms. The number of imidazole rings is 1. The lowest BCUT2D eigenvalue weighted by atomic mass is 10.1. The highest BCUT2D eigenvalue weighted by Gasteiger charge is 2.23. The number of primary amides is 1. The number of nitrogens with two attached hydrogens (primary N) is 1. The molecule has 1 aliphatic rings. The molecule has 32 heavy (non-hydrogen) atoms. The molecular weight excluding hydrogens is 402 g/mol. The van der Waals surface area contributed by atoms with Crippen LogP contribution in [0, 0.1) is 0 Å². The number of nitrogens with one attached hydrogen (secondary N) is 1. The maximum Gasteiger partial charge on any atom is 0.265 e. The van der Waals surface area contributed by atoms with Gasteiger partial charge in [-0.15, -0.1) is 0 Å². The third kappa shape index (κ3) is 3.64. The second kappa shape index (κ2) is 8.30. The highest BCUT2D eigenvalue weighted by atomic mass is 16.1. The quantitative estimate of drug-likeness (QED) is 0.507. The fourth-order valence-corrected chi connectivity index (χ4v) is 4.23.